The molecule has 270 valence electrons. The van der Waals surface area contributed by atoms with Crippen molar-refractivity contribution >= 4 is 35.4 Å². The molecule has 0 spiro atoms. The molecule has 0 saturated carbocycles. The third-order valence-corrected chi connectivity index (χ3v) is 9.25. The van der Waals surface area contributed by atoms with Crippen LogP contribution in [0.4, 0.5) is 4.79 Å². The van der Waals surface area contributed by atoms with Crippen LogP contribution in [0, 0.1) is 0 Å². The topological polar surface area (TPSA) is 165 Å². The van der Waals surface area contributed by atoms with E-state index in [4.69, 9.17) is 4.98 Å². The van der Waals surface area contributed by atoms with Crippen LogP contribution in [0.25, 0.3) is 44.5 Å². The van der Waals surface area contributed by atoms with Crippen molar-refractivity contribution in [1.29, 1.82) is 0 Å². The predicted molar refractivity (Wildman–Crippen MR) is 198 cm³/mol. The van der Waals surface area contributed by atoms with E-state index in [1.54, 1.807) is 16.0 Å². The fourth-order valence-corrected chi connectivity index (χ4v) is 6.71. The van der Waals surface area contributed by atoms with Gasteiger partial charge < -0.3 is 35.1 Å². The van der Waals surface area contributed by atoms with E-state index in [9.17, 15) is 19.2 Å². The predicted octanol–water partition coefficient (Wildman–Crippen LogP) is 4.96. The first-order chi connectivity index (χ1) is 25.3. The minimum Gasteiger partial charge on any atom is -0.453 e. The van der Waals surface area contributed by atoms with E-state index in [0.717, 1.165) is 59.1 Å². The van der Waals surface area contributed by atoms with Crippen molar-refractivity contribution in [2.45, 2.75) is 52.6 Å². The van der Waals surface area contributed by atoms with Crippen LogP contribution in [0.5, 0.6) is 0 Å². The van der Waals surface area contributed by atoms with Gasteiger partial charge in [0.1, 0.15) is 18.2 Å². The van der Waals surface area contributed by atoms with Gasteiger partial charge >= 0.3 is 6.09 Å². The quantitative estimate of drug-likeness (QED) is 0.112. The summed E-state index contributed by atoms with van der Waals surface area (Å²) < 4.78 is 4.58. The van der Waals surface area contributed by atoms with Crippen LogP contribution < -0.4 is 10.6 Å². The van der Waals surface area contributed by atoms with Crippen LogP contribution in [0.3, 0.4) is 0 Å². The minimum atomic E-state index is -0.642. The second kappa shape index (κ2) is 16.4. The van der Waals surface area contributed by atoms with Crippen molar-refractivity contribution in [2.24, 2.45) is 0 Å². The number of hydrogen-bond acceptors (Lipinski definition) is 7. The van der Waals surface area contributed by atoms with Crippen LogP contribution >= 0.6 is 0 Å². The largest absolute Gasteiger partial charge is 0.453 e. The average molecular weight is 705 g/mol. The molecule has 0 fully saturated rings. The fraction of sp³-hybridized carbons (Fsp3) is 0.333. The summed E-state index contributed by atoms with van der Waals surface area (Å²) in [5.41, 5.74) is 10.9. The molecular weight excluding hydrogens is 660 g/mol. The van der Waals surface area contributed by atoms with Crippen LogP contribution in [0.15, 0.2) is 60.8 Å². The number of nitrogens with zero attached hydrogens (tertiary/aromatic N) is 4. The molecule has 1 aliphatic rings. The van der Waals surface area contributed by atoms with Gasteiger partial charge in [-0.2, -0.15) is 0 Å². The highest BCUT2D eigenvalue weighted by molar-refractivity contribution is 5.85. The zero-order chi connectivity index (χ0) is 36.6. The molecule has 2 aromatic heterocycles. The SMILES string of the molecule is CCCN(Cc1ncc(-c2ccc3c(c2)CCc2cc(-c4ccc5nc(CN(CCC)C(=O)CNC=O)[nH]c5c4)ccc2-3)[nH]1)C(=O)CNC(=O)OC. The molecule has 1 aliphatic carbocycles. The lowest BCUT2D eigenvalue weighted by atomic mass is 9.83. The van der Waals surface area contributed by atoms with Gasteiger partial charge in [-0.1, -0.05) is 50.2 Å². The molecule has 0 atom stereocenters. The van der Waals surface area contributed by atoms with Crippen LogP contribution in [-0.2, 0) is 45.1 Å². The van der Waals surface area contributed by atoms with Crippen molar-refractivity contribution in [2.75, 3.05) is 33.3 Å². The molecule has 52 heavy (non-hydrogen) atoms. The molecule has 0 aliphatic heterocycles. The number of fused-ring (bicyclic) bond motifs is 4. The summed E-state index contributed by atoms with van der Waals surface area (Å²) >= 11 is 0. The number of H-pyrrole nitrogens is 2. The van der Waals surface area contributed by atoms with Crippen LogP contribution in [0.1, 0.15) is 49.5 Å². The number of imidazole rings is 2. The Bertz CT molecular complexity index is 2090. The molecule has 0 saturated heterocycles. The number of aromatic nitrogens is 4. The number of alkyl carbamates (subject to hydrolysis) is 1. The fourth-order valence-electron chi connectivity index (χ4n) is 6.71. The van der Waals surface area contributed by atoms with Crippen molar-refractivity contribution in [3.63, 3.8) is 0 Å². The van der Waals surface area contributed by atoms with Crippen molar-refractivity contribution in [3.8, 4) is 33.5 Å². The standard InChI is InChI=1S/C39H44N8O5/c1-4-14-46(38(50)21-42-39(51)52-3)22-35-41-19-34(45-35)29-9-12-31-28(17-29)7-6-27-16-25(8-11-30(27)31)26-10-13-32-33(18-26)44-36(43-32)23-47(15-5-2)37(49)20-40-24-48/h8-13,16-19,24H,4-7,14-15,20-23H2,1-3H3,(H,40,48)(H,41,45)(H,42,51)(H,43,44). The molecule has 13 heteroatoms. The molecule has 0 radical (unpaired) electrons. The highest BCUT2D eigenvalue weighted by Crippen LogP contribution is 2.38. The number of carbonyl (C=O) groups excluding carboxylic acids is 4. The molecule has 4 N–H and O–H groups in total. The maximum absolute atomic E-state index is 12.7. The van der Waals surface area contributed by atoms with Crippen LogP contribution in [0.2, 0.25) is 0 Å². The lowest BCUT2D eigenvalue weighted by Crippen LogP contribution is -2.40. The van der Waals surface area contributed by atoms with E-state index >= 15 is 0 Å². The number of ether oxygens (including phenoxy) is 1. The normalized spacial score (nSPS) is 11.8. The number of hydrogen-bond donors (Lipinski definition) is 4. The lowest BCUT2D eigenvalue weighted by Gasteiger charge is -2.22. The molecule has 5 aromatic rings. The van der Waals surface area contributed by atoms with Gasteiger partial charge in [0.15, 0.2) is 0 Å². The number of aryl methyl sites for hydroxylation is 2. The molecule has 3 aromatic carbocycles. The van der Waals surface area contributed by atoms with Crippen molar-refractivity contribution in [1.82, 2.24) is 40.4 Å². The number of rotatable bonds is 15. The van der Waals surface area contributed by atoms with Gasteiger partial charge in [-0.15, -0.1) is 0 Å². The highest BCUT2D eigenvalue weighted by atomic mass is 16.5. The van der Waals surface area contributed by atoms with E-state index in [1.807, 2.05) is 19.9 Å². The summed E-state index contributed by atoms with van der Waals surface area (Å²) in [5.74, 6) is 1.02. The Morgan fingerprint density at radius 1 is 0.808 bits per heavy atom. The minimum absolute atomic E-state index is 0.0354. The van der Waals surface area contributed by atoms with E-state index in [1.165, 1.54) is 29.4 Å². The Morgan fingerprint density at radius 2 is 1.42 bits per heavy atom. The number of nitrogens with one attached hydrogen (secondary N) is 4. The maximum Gasteiger partial charge on any atom is 0.407 e. The van der Waals surface area contributed by atoms with Gasteiger partial charge in [0, 0.05) is 13.1 Å². The Balaban J connectivity index is 1.15. The molecule has 13 nitrogen and oxygen atoms in total. The number of benzene rings is 3. The molecule has 6 rings (SSSR count). The van der Waals surface area contributed by atoms with E-state index in [-0.39, 0.29) is 24.9 Å². The van der Waals surface area contributed by atoms with E-state index in [2.05, 4.69) is 78.9 Å². The smallest absolute Gasteiger partial charge is 0.407 e. The van der Waals surface area contributed by atoms with Crippen LogP contribution in [-0.4, -0.2) is 87.3 Å². The summed E-state index contributed by atoms with van der Waals surface area (Å²) in [6.07, 6.45) is 5.09. The number of amides is 4. The second-order valence-electron chi connectivity index (χ2n) is 12.9. The van der Waals surface area contributed by atoms with Crippen molar-refractivity contribution < 1.29 is 23.9 Å². The number of carbonyl (C=O) groups is 4. The Morgan fingerprint density at radius 3 is 2.10 bits per heavy atom. The van der Waals surface area contributed by atoms with E-state index in [0.29, 0.717) is 44.2 Å². The Kier molecular flexibility index (Phi) is 11.3. The first kappa shape index (κ1) is 35.8. The van der Waals surface area contributed by atoms with Crippen molar-refractivity contribution in [3.05, 3.63) is 83.6 Å². The average Bonchev–Trinajstić information content (AvgIpc) is 3.81. The molecule has 2 heterocycles. The molecule has 4 amide bonds. The summed E-state index contributed by atoms with van der Waals surface area (Å²) in [6.45, 7) is 5.60. The molecular formula is C39H44N8O5. The first-order valence-corrected chi connectivity index (χ1v) is 17.6. The summed E-state index contributed by atoms with van der Waals surface area (Å²) in [6, 6.07) is 19.3. The lowest BCUT2D eigenvalue weighted by molar-refractivity contribution is -0.132. The van der Waals surface area contributed by atoms with Gasteiger partial charge in [-0.3, -0.25) is 14.4 Å². The Hall–Kier alpha value is -5.98. The Labute approximate surface area is 302 Å². The maximum atomic E-state index is 12.7. The zero-order valence-corrected chi connectivity index (χ0v) is 29.8. The second-order valence-corrected chi connectivity index (χ2v) is 12.9. The van der Waals surface area contributed by atoms with Gasteiger partial charge in [0.05, 0.1) is 49.7 Å². The number of aromatic amines is 2. The summed E-state index contributed by atoms with van der Waals surface area (Å²) in [7, 11) is 1.26. The summed E-state index contributed by atoms with van der Waals surface area (Å²) in [4.78, 5) is 66.8. The van der Waals surface area contributed by atoms with Gasteiger partial charge in [0.2, 0.25) is 18.2 Å². The van der Waals surface area contributed by atoms with Gasteiger partial charge in [0.25, 0.3) is 0 Å². The molecule has 0 unspecified atom stereocenters. The summed E-state index contributed by atoms with van der Waals surface area (Å²) in [5, 5.41) is 4.91. The monoisotopic (exact) mass is 704 g/mol. The number of methoxy groups -OCH3 is 1. The third kappa shape index (κ3) is 8.14. The first-order valence-electron chi connectivity index (χ1n) is 17.6. The van der Waals surface area contributed by atoms with Gasteiger partial charge in [-0.25, -0.2) is 14.8 Å². The zero-order valence-electron chi connectivity index (χ0n) is 29.8. The van der Waals surface area contributed by atoms with Gasteiger partial charge in [-0.05, 0) is 82.8 Å². The highest BCUT2D eigenvalue weighted by Gasteiger charge is 2.20. The third-order valence-electron chi connectivity index (χ3n) is 9.25. The van der Waals surface area contributed by atoms with E-state index < -0.39 is 6.09 Å². The molecule has 0 bridgehead atoms.